The smallest absolute Gasteiger partial charge is 0.266 e. The van der Waals surface area contributed by atoms with E-state index in [9.17, 15) is 4.79 Å². The molecule has 1 N–H and O–H groups in total. The van der Waals surface area contributed by atoms with Crippen LogP contribution in [0.15, 0.2) is 16.9 Å². The lowest BCUT2D eigenvalue weighted by molar-refractivity contribution is 0.179. The number of aliphatic hydroxyl groups is 1. The van der Waals surface area contributed by atoms with Gasteiger partial charge < -0.3 is 5.11 Å². The van der Waals surface area contributed by atoms with E-state index < -0.39 is 0 Å². The third-order valence-electron chi connectivity index (χ3n) is 2.24. The molecule has 0 spiro atoms. The third kappa shape index (κ3) is 4.25. The van der Waals surface area contributed by atoms with E-state index in [0.29, 0.717) is 6.54 Å². The summed E-state index contributed by atoms with van der Waals surface area (Å²) < 4.78 is 1.48. The molecule has 0 saturated heterocycles. The largest absolute Gasteiger partial charge is 0.393 e. The molecule has 0 aliphatic carbocycles. The van der Waals surface area contributed by atoms with Crippen molar-refractivity contribution < 1.29 is 5.11 Å². The van der Waals surface area contributed by atoms with E-state index in [-0.39, 0.29) is 11.7 Å². The molecule has 0 amide bonds. The van der Waals surface area contributed by atoms with E-state index in [1.54, 1.807) is 13.0 Å². The molecule has 0 aliphatic heterocycles. The lowest BCUT2D eigenvalue weighted by Gasteiger charge is -2.06. The highest BCUT2D eigenvalue weighted by Gasteiger charge is 1.99. The minimum absolute atomic E-state index is 0.0577. The van der Waals surface area contributed by atoms with Crippen LogP contribution in [0.2, 0.25) is 0 Å². The highest BCUT2D eigenvalue weighted by molar-refractivity contribution is 4.96. The van der Waals surface area contributed by atoms with Crippen LogP contribution in [0.1, 0.15) is 31.9 Å². The van der Waals surface area contributed by atoms with Crippen molar-refractivity contribution >= 4 is 0 Å². The van der Waals surface area contributed by atoms with Crippen LogP contribution in [0.5, 0.6) is 0 Å². The number of aliphatic hydroxyl groups excluding tert-OH is 1. The molecule has 1 heterocycles. The summed E-state index contributed by atoms with van der Waals surface area (Å²) in [6, 6.07) is 3.26. The topological polar surface area (TPSA) is 55.1 Å². The van der Waals surface area contributed by atoms with Crippen molar-refractivity contribution in [2.75, 3.05) is 0 Å². The Morgan fingerprint density at radius 3 is 2.87 bits per heavy atom. The second kappa shape index (κ2) is 5.66. The molecule has 0 bridgehead atoms. The van der Waals surface area contributed by atoms with Crippen LogP contribution in [0, 0.1) is 6.92 Å². The van der Waals surface area contributed by atoms with Gasteiger partial charge in [-0.1, -0.05) is 0 Å². The molecule has 15 heavy (non-hydrogen) atoms. The van der Waals surface area contributed by atoms with Crippen molar-refractivity contribution in [2.24, 2.45) is 0 Å². The lowest BCUT2D eigenvalue weighted by Crippen LogP contribution is -2.22. The van der Waals surface area contributed by atoms with E-state index >= 15 is 0 Å². The van der Waals surface area contributed by atoms with Crippen LogP contribution in [-0.4, -0.2) is 21.0 Å². The lowest BCUT2D eigenvalue weighted by atomic mass is 10.2. The van der Waals surface area contributed by atoms with Crippen LogP contribution >= 0.6 is 0 Å². The number of hydrogen-bond acceptors (Lipinski definition) is 3. The number of aryl methyl sites for hydroxylation is 2. The Kier molecular flexibility index (Phi) is 4.49. The highest BCUT2D eigenvalue weighted by atomic mass is 16.3. The van der Waals surface area contributed by atoms with Crippen LogP contribution in [0.4, 0.5) is 0 Å². The molecule has 4 nitrogen and oxygen atoms in total. The summed E-state index contributed by atoms with van der Waals surface area (Å²) in [5, 5.41) is 13.2. The van der Waals surface area contributed by atoms with Crippen LogP contribution in [-0.2, 0) is 6.54 Å². The van der Waals surface area contributed by atoms with E-state index in [1.165, 1.54) is 10.7 Å². The highest BCUT2D eigenvalue weighted by Crippen LogP contribution is 2.00. The molecule has 0 fully saturated rings. The van der Waals surface area contributed by atoms with Crippen LogP contribution in [0.3, 0.4) is 0 Å². The maximum absolute atomic E-state index is 11.4. The number of hydrogen-bond donors (Lipinski definition) is 1. The van der Waals surface area contributed by atoms with E-state index in [4.69, 9.17) is 5.11 Å². The maximum Gasteiger partial charge on any atom is 0.266 e. The number of rotatable bonds is 5. The summed E-state index contributed by atoms with van der Waals surface area (Å²) >= 11 is 0. The first kappa shape index (κ1) is 11.9. The summed E-state index contributed by atoms with van der Waals surface area (Å²) in [6.45, 7) is 4.27. The number of aromatic nitrogens is 2. The molecule has 0 saturated carbocycles. The average molecular weight is 210 g/mol. The minimum atomic E-state index is -0.257. The molecule has 1 aromatic heterocycles. The normalized spacial score (nSPS) is 12.7. The van der Waals surface area contributed by atoms with Crippen LogP contribution < -0.4 is 5.56 Å². The van der Waals surface area contributed by atoms with E-state index in [1.807, 2.05) is 6.92 Å². The van der Waals surface area contributed by atoms with Crippen molar-refractivity contribution in [1.29, 1.82) is 0 Å². The van der Waals surface area contributed by atoms with Gasteiger partial charge in [-0.25, -0.2) is 4.68 Å². The summed E-state index contributed by atoms with van der Waals surface area (Å²) in [5.74, 6) is 0. The predicted octanol–water partition coefficient (Wildman–Crippen LogP) is 1.10. The summed E-state index contributed by atoms with van der Waals surface area (Å²) in [4.78, 5) is 11.4. The van der Waals surface area contributed by atoms with Crippen LogP contribution in [0.25, 0.3) is 0 Å². The molecule has 1 unspecified atom stereocenters. The van der Waals surface area contributed by atoms with Gasteiger partial charge in [0.15, 0.2) is 0 Å². The molecule has 0 aliphatic rings. The first-order valence-corrected chi connectivity index (χ1v) is 5.32. The third-order valence-corrected chi connectivity index (χ3v) is 2.24. The second-order valence-electron chi connectivity index (χ2n) is 3.88. The average Bonchev–Trinajstić information content (AvgIpc) is 2.17. The Hall–Kier alpha value is -1.16. The zero-order chi connectivity index (χ0) is 11.3. The van der Waals surface area contributed by atoms with Gasteiger partial charge in [-0.05, 0) is 39.2 Å². The quantitative estimate of drug-likeness (QED) is 0.740. The molecule has 1 atom stereocenters. The van der Waals surface area contributed by atoms with Crippen molar-refractivity contribution in [3.8, 4) is 0 Å². The standard InChI is InChI=1S/C11H18N2O2/c1-9-6-7-11(15)13(12-9)8-4-3-5-10(2)14/h6-7,10,14H,3-5,8H2,1-2H3. The SMILES string of the molecule is Cc1ccc(=O)n(CCCCC(C)O)n1. The Labute approximate surface area is 89.6 Å². The number of nitrogens with zero attached hydrogens (tertiary/aromatic N) is 2. The van der Waals surface area contributed by atoms with Crippen molar-refractivity contribution in [3.05, 3.63) is 28.2 Å². The Morgan fingerprint density at radius 2 is 2.20 bits per heavy atom. The molecular formula is C11H18N2O2. The van der Waals surface area contributed by atoms with Crippen molar-refractivity contribution in [1.82, 2.24) is 9.78 Å². The van der Waals surface area contributed by atoms with Gasteiger partial charge in [0.05, 0.1) is 11.8 Å². The predicted molar refractivity (Wildman–Crippen MR) is 58.8 cm³/mol. The molecular weight excluding hydrogens is 192 g/mol. The Balaban J connectivity index is 2.43. The molecule has 0 radical (unpaired) electrons. The Bertz CT molecular complexity index is 358. The van der Waals surface area contributed by atoms with Gasteiger partial charge in [0.1, 0.15) is 0 Å². The first-order chi connectivity index (χ1) is 7.09. The van der Waals surface area contributed by atoms with E-state index in [0.717, 1.165) is 25.0 Å². The van der Waals surface area contributed by atoms with Gasteiger partial charge in [-0.3, -0.25) is 4.79 Å². The molecule has 84 valence electrons. The van der Waals surface area contributed by atoms with Gasteiger partial charge in [0.2, 0.25) is 0 Å². The monoisotopic (exact) mass is 210 g/mol. The van der Waals surface area contributed by atoms with Crippen molar-refractivity contribution in [2.45, 2.75) is 45.8 Å². The fraction of sp³-hybridized carbons (Fsp3) is 0.636. The van der Waals surface area contributed by atoms with Gasteiger partial charge in [0.25, 0.3) is 5.56 Å². The summed E-state index contributed by atoms with van der Waals surface area (Å²) in [6.07, 6.45) is 2.31. The first-order valence-electron chi connectivity index (χ1n) is 5.32. The van der Waals surface area contributed by atoms with Gasteiger partial charge in [-0.2, -0.15) is 5.10 Å². The zero-order valence-electron chi connectivity index (χ0n) is 9.31. The maximum atomic E-state index is 11.4. The molecule has 1 aromatic rings. The second-order valence-corrected chi connectivity index (χ2v) is 3.88. The fourth-order valence-corrected chi connectivity index (χ4v) is 1.41. The molecule has 1 rings (SSSR count). The molecule has 0 aromatic carbocycles. The fourth-order valence-electron chi connectivity index (χ4n) is 1.41. The number of unbranched alkanes of at least 4 members (excludes halogenated alkanes) is 1. The summed E-state index contributed by atoms with van der Waals surface area (Å²) in [5.41, 5.74) is 0.794. The van der Waals surface area contributed by atoms with E-state index in [2.05, 4.69) is 5.10 Å². The van der Waals surface area contributed by atoms with Gasteiger partial charge in [0, 0.05) is 12.6 Å². The van der Waals surface area contributed by atoms with Crippen molar-refractivity contribution in [3.63, 3.8) is 0 Å². The summed E-state index contributed by atoms with van der Waals surface area (Å²) in [7, 11) is 0. The Morgan fingerprint density at radius 1 is 1.47 bits per heavy atom. The van der Waals surface area contributed by atoms with Gasteiger partial charge in [-0.15, -0.1) is 0 Å². The zero-order valence-corrected chi connectivity index (χ0v) is 9.31. The van der Waals surface area contributed by atoms with Gasteiger partial charge >= 0.3 is 0 Å². The molecule has 4 heteroatoms. The minimum Gasteiger partial charge on any atom is -0.393 e.